The van der Waals surface area contributed by atoms with Crippen molar-refractivity contribution in [3.8, 4) is 16.9 Å². The fourth-order valence-corrected chi connectivity index (χ4v) is 1.55. The Labute approximate surface area is 111 Å². The van der Waals surface area contributed by atoms with Crippen molar-refractivity contribution in [2.75, 3.05) is 0 Å². The summed E-state index contributed by atoms with van der Waals surface area (Å²) >= 11 is 0. The number of aliphatic hydroxyl groups is 1. The van der Waals surface area contributed by atoms with Gasteiger partial charge in [0.05, 0.1) is 0 Å². The van der Waals surface area contributed by atoms with Crippen LogP contribution in [0.3, 0.4) is 0 Å². The average Bonchev–Trinajstić information content (AvgIpc) is 2.39. The number of ether oxygens (including phenoxy) is 1. The van der Waals surface area contributed by atoms with Crippen LogP contribution in [0.1, 0.15) is 13.8 Å². The Hall–Kier alpha value is -2.20. The fraction of sp³-hybridized carbons (Fsp3) is 0.200. The molecular formula is C15H15NO3. The van der Waals surface area contributed by atoms with E-state index in [0.29, 0.717) is 5.75 Å². The Morgan fingerprint density at radius 1 is 1.16 bits per heavy atom. The van der Waals surface area contributed by atoms with Gasteiger partial charge in [-0.15, -0.1) is 0 Å². The first kappa shape index (κ1) is 13.2. The van der Waals surface area contributed by atoms with E-state index >= 15 is 0 Å². The van der Waals surface area contributed by atoms with Gasteiger partial charge < -0.3 is 9.84 Å². The highest BCUT2D eigenvalue weighted by Gasteiger charge is 2.27. The summed E-state index contributed by atoms with van der Waals surface area (Å²) in [5.74, 6) is -0.269. The third kappa shape index (κ3) is 3.17. The molecule has 4 heteroatoms. The van der Waals surface area contributed by atoms with Crippen LogP contribution >= 0.6 is 0 Å². The maximum Gasteiger partial charge on any atom is 0.342 e. The van der Waals surface area contributed by atoms with Crippen LogP contribution < -0.4 is 4.74 Å². The Morgan fingerprint density at radius 3 is 2.42 bits per heavy atom. The minimum absolute atomic E-state index is 0.417. The predicted octanol–water partition coefficient (Wildman–Crippen LogP) is 2.42. The first-order valence-corrected chi connectivity index (χ1v) is 5.92. The smallest absolute Gasteiger partial charge is 0.342 e. The molecule has 0 unspecified atom stereocenters. The number of hydrogen-bond donors (Lipinski definition) is 1. The predicted molar refractivity (Wildman–Crippen MR) is 71.6 cm³/mol. The van der Waals surface area contributed by atoms with E-state index in [1.165, 1.54) is 13.8 Å². The number of carbonyl (C=O) groups excluding carboxylic acids is 1. The number of hydrogen-bond acceptors (Lipinski definition) is 4. The van der Waals surface area contributed by atoms with Gasteiger partial charge in [0.15, 0.2) is 5.60 Å². The van der Waals surface area contributed by atoms with Gasteiger partial charge in [0.25, 0.3) is 0 Å². The maximum atomic E-state index is 11.7. The quantitative estimate of drug-likeness (QED) is 0.677. The van der Waals surface area contributed by atoms with Crippen LogP contribution in [-0.2, 0) is 4.79 Å². The number of para-hydroxylation sites is 1. The van der Waals surface area contributed by atoms with Gasteiger partial charge in [-0.2, -0.15) is 0 Å². The minimum Gasteiger partial charge on any atom is -0.424 e. The van der Waals surface area contributed by atoms with Crippen LogP contribution in [-0.4, -0.2) is 21.7 Å². The molecule has 2 rings (SSSR count). The molecule has 4 nitrogen and oxygen atoms in total. The Balaban J connectivity index is 2.35. The van der Waals surface area contributed by atoms with Gasteiger partial charge in [0.2, 0.25) is 0 Å². The van der Waals surface area contributed by atoms with Crippen molar-refractivity contribution in [1.29, 1.82) is 0 Å². The minimum atomic E-state index is -1.52. The molecule has 0 aliphatic heterocycles. The summed E-state index contributed by atoms with van der Waals surface area (Å²) < 4.78 is 5.26. The van der Waals surface area contributed by atoms with Gasteiger partial charge in [-0.25, -0.2) is 4.79 Å². The lowest BCUT2D eigenvalue weighted by Crippen LogP contribution is -2.35. The van der Waals surface area contributed by atoms with Gasteiger partial charge >= 0.3 is 5.97 Å². The van der Waals surface area contributed by atoms with E-state index in [-0.39, 0.29) is 0 Å². The third-order valence-corrected chi connectivity index (χ3v) is 2.58. The molecule has 98 valence electrons. The van der Waals surface area contributed by atoms with Crippen LogP contribution in [0.5, 0.6) is 5.75 Å². The largest absolute Gasteiger partial charge is 0.424 e. The summed E-state index contributed by atoms with van der Waals surface area (Å²) in [5, 5.41) is 9.62. The van der Waals surface area contributed by atoms with Crippen LogP contribution in [0.25, 0.3) is 11.1 Å². The van der Waals surface area contributed by atoms with Crippen molar-refractivity contribution in [2.24, 2.45) is 0 Å². The zero-order valence-electron chi connectivity index (χ0n) is 10.8. The molecule has 0 saturated carbocycles. The lowest BCUT2D eigenvalue weighted by Gasteiger charge is -2.17. The van der Waals surface area contributed by atoms with E-state index in [9.17, 15) is 9.90 Å². The van der Waals surface area contributed by atoms with Gasteiger partial charge in [0.1, 0.15) is 5.75 Å². The molecule has 1 heterocycles. The van der Waals surface area contributed by atoms with Crippen LogP contribution in [0.15, 0.2) is 48.8 Å². The van der Waals surface area contributed by atoms with Crippen molar-refractivity contribution in [2.45, 2.75) is 19.4 Å². The Bertz CT molecular complexity index is 573. The zero-order chi connectivity index (χ0) is 13.9. The van der Waals surface area contributed by atoms with Gasteiger partial charge in [-0.05, 0) is 37.6 Å². The number of esters is 1. The summed E-state index contributed by atoms with van der Waals surface area (Å²) in [6, 6.07) is 10.8. The highest BCUT2D eigenvalue weighted by atomic mass is 16.6. The van der Waals surface area contributed by atoms with Crippen molar-refractivity contribution in [1.82, 2.24) is 4.98 Å². The van der Waals surface area contributed by atoms with E-state index < -0.39 is 11.6 Å². The standard InChI is InChI=1S/C15H15NO3/c1-15(2,18)14(17)19-13-6-4-3-5-12(13)11-7-9-16-10-8-11/h3-10,18H,1-2H3. The van der Waals surface area contributed by atoms with Crippen LogP contribution in [0.2, 0.25) is 0 Å². The lowest BCUT2D eigenvalue weighted by molar-refractivity contribution is -0.151. The Kier molecular flexibility index (Phi) is 3.62. The molecule has 0 saturated heterocycles. The topological polar surface area (TPSA) is 59.4 Å². The SMILES string of the molecule is CC(C)(O)C(=O)Oc1ccccc1-c1ccncc1. The van der Waals surface area contributed by atoms with Gasteiger partial charge in [0, 0.05) is 18.0 Å². The summed E-state index contributed by atoms with van der Waals surface area (Å²) in [4.78, 5) is 15.7. The number of benzene rings is 1. The van der Waals surface area contributed by atoms with Crippen molar-refractivity contribution in [3.05, 3.63) is 48.8 Å². The molecule has 0 amide bonds. The van der Waals surface area contributed by atoms with E-state index in [0.717, 1.165) is 11.1 Å². The second-order valence-corrected chi connectivity index (χ2v) is 4.68. The monoisotopic (exact) mass is 257 g/mol. The van der Waals surface area contributed by atoms with Crippen molar-refractivity contribution < 1.29 is 14.6 Å². The normalized spacial score (nSPS) is 11.1. The molecule has 0 fully saturated rings. The average molecular weight is 257 g/mol. The Morgan fingerprint density at radius 2 is 1.79 bits per heavy atom. The third-order valence-electron chi connectivity index (χ3n) is 2.58. The van der Waals surface area contributed by atoms with Crippen LogP contribution in [0.4, 0.5) is 0 Å². The number of carbonyl (C=O) groups is 1. The molecule has 0 spiro atoms. The second kappa shape index (κ2) is 5.20. The number of aromatic nitrogens is 1. The number of pyridine rings is 1. The molecule has 1 aromatic heterocycles. The van der Waals surface area contributed by atoms with Crippen LogP contribution in [0, 0.1) is 0 Å². The molecular weight excluding hydrogens is 242 g/mol. The van der Waals surface area contributed by atoms with Gasteiger partial charge in [-0.1, -0.05) is 18.2 Å². The molecule has 2 aromatic rings. The maximum absolute atomic E-state index is 11.7. The van der Waals surface area contributed by atoms with E-state index in [1.807, 2.05) is 24.3 Å². The summed E-state index contributed by atoms with van der Waals surface area (Å²) in [6.07, 6.45) is 3.34. The van der Waals surface area contributed by atoms with Gasteiger partial charge in [-0.3, -0.25) is 4.98 Å². The molecule has 1 N–H and O–H groups in total. The molecule has 0 atom stereocenters. The molecule has 0 bridgehead atoms. The first-order valence-electron chi connectivity index (χ1n) is 5.92. The summed E-state index contributed by atoms with van der Waals surface area (Å²) in [6.45, 7) is 2.79. The first-order chi connectivity index (χ1) is 8.98. The number of nitrogens with zero attached hydrogens (tertiary/aromatic N) is 1. The fourth-order valence-electron chi connectivity index (χ4n) is 1.55. The highest BCUT2D eigenvalue weighted by molar-refractivity contribution is 5.83. The van der Waals surface area contributed by atoms with Crippen molar-refractivity contribution >= 4 is 5.97 Å². The zero-order valence-corrected chi connectivity index (χ0v) is 10.8. The number of rotatable bonds is 3. The van der Waals surface area contributed by atoms with E-state index in [1.54, 1.807) is 24.5 Å². The van der Waals surface area contributed by atoms with Crippen molar-refractivity contribution in [3.63, 3.8) is 0 Å². The molecule has 1 aromatic carbocycles. The summed E-state index contributed by atoms with van der Waals surface area (Å²) in [7, 11) is 0. The molecule has 0 aliphatic carbocycles. The van der Waals surface area contributed by atoms with E-state index in [2.05, 4.69) is 4.98 Å². The summed E-state index contributed by atoms with van der Waals surface area (Å²) in [5.41, 5.74) is 0.155. The van der Waals surface area contributed by atoms with E-state index in [4.69, 9.17) is 4.74 Å². The lowest BCUT2D eigenvalue weighted by atomic mass is 10.1. The molecule has 19 heavy (non-hydrogen) atoms. The molecule has 0 aliphatic rings. The molecule has 0 radical (unpaired) electrons. The second-order valence-electron chi connectivity index (χ2n) is 4.68. The highest BCUT2D eigenvalue weighted by Crippen LogP contribution is 2.29.